The summed E-state index contributed by atoms with van der Waals surface area (Å²) in [6.07, 6.45) is 1.49. The lowest BCUT2D eigenvalue weighted by Crippen LogP contribution is -2.33. The van der Waals surface area contributed by atoms with Gasteiger partial charge in [-0.05, 0) is 44.0 Å². The molecule has 1 heterocycles. The van der Waals surface area contributed by atoms with E-state index >= 15 is 0 Å². The normalized spacial score (nSPS) is 23.9. The number of hydrogen-bond donors (Lipinski definition) is 2. The van der Waals surface area contributed by atoms with Gasteiger partial charge in [0.1, 0.15) is 0 Å². The number of benzene rings is 1. The van der Waals surface area contributed by atoms with Crippen LogP contribution in [-0.4, -0.2) is 43.1 Å². The number of β-amino-alcohol motifs (C(OH)–C–C–N with tert-alkyl or cyclic N) is 1. The van der Waals surface area contributed by atoms with Gasteiger partial charge in [0.25, 0.3) is 0 Å². The van der Waals surface area contributed by atoms with Crippen LogP contribution in [0.1, 0.15) is 26.7 Å². The first kappa shape index (κ1) is 15.3. The van der Waals surface area contributed by atoms with Crippen molar-refractivity contribution >= 4 is 15.7 Å². The highest BCUT2D eigenvalue weighted by Crippen LogP contribution is 2.27. The van der Waals surface area contributed by atoms with Gasteiger partial charge in [0.05, 0.1) is 10.5 Å². The quantitative estimate of drug-likeness (QED) is 0.867. The van der Waals surface area contributed by atoms with Crippen LogP contribution in [0, 0.1) is 0 Å². The molecule has 6 heteroatoms. The lowest BCUT2D eigenvalue weighted by atomic mass is 10.1. The smallest absolute Gasteiger partial charge is 0.243 e. The van der Waals surface area contributed by atoms with E-state index in [2.05, 4.69) is 12.2 Å². The Balaban J connectivity index is 2.14. The van der Waals surface area contributed by atoms with Crippen LogP contribution < -0.4 is 5.32 Å². The second-order valence-electron chi connectivity index (χ2n) is 5.54. The van der Waals surface area contributed by atoms with E-state index in [-0.39, 0.29) is 11.4 Å². The van der Waals surface area contributed by atoms with Crippen molar-refractivity contribution < 1.29 is 13.5 Å². The first-order chi connectivity index (χ1) is 9.35. The number of anilines is 1. The fraction of sp³-hybridized carbons (Fsp3) is 0.571. The number of nitrogens with one attached hydrogen (secondary N) is 1. The van der Waals surface area contributed by atoms with E-state index in [0.717, 1.165) is 18.7 Å². The minimum Gasteiger partial charge on any atom is -0.389 e. The molecule has 0 spiro atoms. The largest absolute Gasteiger partial charge is 0.389 e. The molecular formula is C14H22N2O3S. The minimum absolute atomic E-state index is 0.158. The van der Waals surface area contributed by atoms with Crippen molar-refractivity contribution in [3.63, 3.8) is 0 Å². The second-order valence-corrected chi connectivity index (χ2v) is 7.47. The maximum atomic E-state index is 12.4. The van der Waals surface area contributed by atoms with Crippen molar-refractivity contribution in [3.05, 3.63) is 24.3 Å². The van der Waals surface area contributed by atoms with E-state index in [0.29, 0.717) is 13.0 Å². The van der Waals surface area contributed by atoms with Crippen LogP contribution >= 0.6 is 0 Å². The summed E-state index contributed by atoms with van der Waals surface area (Å²) in [4.78, 5) is 0.275. The third-order valence-corrected chi connectivity index (χ3v) is 5.35. The van der Waals surface area contributed by atoms with Gasteiger partial charge in [-0.15, -0.1) is 0 Å². The van der Waals surface area contributed by atoms with Crippen LogP contribution in [-0.2, 0) is 10.0 Å². The summed E-state index contributed by atoms with van der Waals surface area (Å²) in [5.41, 5.74) is -0.00500. The molecule has 20 heavy (non-hydrogen) atoms. The zero-order valence-electron chi connectivity index (χ0n) is 12.0. The molecule has 1 aliphatic rings. The van der Waals surface area contributed by atoms with E-state index in [9.17, 15) is 13.5 Å². The SMILES string of the molecule is CCCNc1ccc(S(=O)(=O)N2CCC(C)(O)C2)cc1. The van der Waals surface area contributed by atoms with Crippen LogP contribution in [0.3, 0.4) is 0 Å². The molecule has 0 bridgehead atoms. The first-order valence-electron chi connectivity index (χ1n) is 6.92. The molecule has 0 amide bonds. The van der Waals surface area contributed by atoms with Crippen molar-refractivity contribution in [1.29, 1.82) is 0 Å². The summed E-state index contributed by atoms with van der Waals surface area (Å²) in [5.74, 6) is 0. The van der Waals surface area contributed by atoms with E-state index in [4.69, 9.17) is 0 Å². The van der Waals surface area contributed by atoms with Gasteiger partial charge in [0.15, 0.2) is 0 Å². The van der Waals surface area contributed by atoms with Gasteiger partial charge < -0.3 is 10.4 Å². The van der Waals surface area contributed by atoms with Gasteiger partial charge in [0, 0.05) is 25.3 Å². The monoisotopic (exact) mass is 298 g/mol. The van der Waals surface area contributed by atoms with Crippen molar-refractivity contribution in [2.45, 2.75) is 37.2 Å². The molecule has 0 saturated carbocycles. The first-order valence-corrected chi connectivity index (χ1v) is 8.36. The van der Waals surface area contributed by atoms with Crippen LogP contribution in [0.2, 0.25) is 0 Å². The maximum Gasteiger partial charge on any atom is 0.243 e. The van der Waals surface area contributed by atoms with Gasteiger partial charge >= 0.3 is 0 Å². The number of aliphatic hydroxyl groups is 1. The van der Waals surface area contributed by atoms with Crippen molar-refractivity contribution in [1.82, 2.24) is 4.31 Å². The van der Waals surface area contributed by atoms with E-state index < -0.39 is 15.6 Å². The van der Waals surface area contributed by atoms with E-state index in [1.165, 1.54) is 4.31 Å². The Kier molecular flexibility index (Phi) is 4.36. The molecular weight excluding hydrogens is 276 g/mol. The summed E-state index contributed by atoms with van der Waals surface area (Å²) >= 11 is 0. The van der Waals surface area contributed by atoms with E-state index in [1.54, 1.807) is 31.2 Å². The lowest BCUT2D eigenvalue weighted by molar-refractivity contribution is 0.0762. The van der Waals surface area contributed by atoms with Crippen molar-refractivity contribution in [3.8, 4) is 0 Å². The zero-order chi connectivity index (χ0) is 14.8. The van der Waals surface area contributed by atoms with Crippen LogP contribution in [0.5, 0.6) is 0 Å². The molecule has 5 nitrogen and oxygen atoms in total. The molecule has 0 aromatic heterocycles. The fourth-order valence-corrected chi connectivity index (χ4v) is 3.83. The Morgan fingerprint density at radius 3 is 2.50 bits per heavy atom. The summed E-state index contributed by atoms with van der Waals surface area (Å²) in [7, 11) is -3.50. The third kappa shape index (κ3) is 3.31. The van der Waals surface area contributed by atoms with Gasteiger partial charge in [-0.1, -0.05) is 6.92 Å². The summed E-state index contributed by atoms with van der Waals surface area (Å²) in [5, 5.41) is 13.1. The summed E-state index contributed by atoms with van der Waals surface area (Å²) < 4.78 is 26.2. The topological polar surface area (TPSA) is 69.6 Å². The minimum atomic E-state index is -3.50. The average Bonchev–Trinajstić information content (AvgIpc) is 2.78. The molecule has 2 rings (SSSR count). The van der Waals surface area contributed by atoms with Gasteiger partial charge in [0.2, 0.25) is 10.0 Å². The predicted molar refractivity (Wildman–Crippen MR) is 79.2 cm³/mol. The number of hydrogen-bond acceptors (Lipinski definition) is 4. The summed E-state index contributed by atoms with van der Waals surface area (Å²) in [6.45, 7) is 5.13. The van der Waals surface area contributed by atoms with Gasteiger partial charge in [-0.3, -0.25) is 0 Å². The molecule has 0 aliphatic carbocycles. The standard InChI is InChI=1S/C14H22N2O3S/c1-3-9-15-12-4-6-13(7-5-12)20(18,19)16-10-8-14(2,17)11-16/h4-7,15,17H,3,8-11H2,1-2H3. The Labute approximate surface area is 120 Å². The summed E-state index contributed by atoms with van der Waals surface area (Å²) in [6, 6.07) is 6.77. The molecule has 112 valence electrons. The molecule has 1 aromatic carbocycles. The number of nitrogens with zero attached hydrogens (tertiary/aromatic N) is 1. The number of sulfonamides is 1. The Morgan fingerprint density at radius 1 is 1.35 bits per heavy atom. The lowest BCUT2D eigenvalue weighted by Gasteiger charge is -2.19. The van der Waals surface area contributed by atoms with Crippen molar-refractivity contribution in [2.75, 3.05) is 25.0 Å². The Morgan fingerprint density at radius 2 is 2.00 bits per heavy atom. The zero-order valence-corrected chi connectivity index (χ0v) is 12.8. The highest BCUT2D eigenvalue weighted by molar-refractivity contribution is 7.89. The van der Waals surface area contributed by atoms with Crippen LogP contribution in [0.4, 0.5) is 5.69 Å². The van der Waals surface area contributed by atoms with Gasteiger partial charge in [-0.25, -0.2) is 8.42 Å². The molecule has 0 radical (unpaired) electrons. The third-order valence-electron chi connectivity index (χ3n) is 3.49. The van der Waals surface area contributed by atoms with E-state index in [1.807, 2.05) is 0 Å². The van der Waals surface area contributed by atoms with Crippen molar-refractivity contribution in [2.24, 2.45) is 0 Å². The predicted octanol–water partition coefficient (Wildman–Crippen LogP) is 1.65. The molecule has 1 aromatic rings. The molecule has 2 N–H and O–H groups in total. The molecule has 1 aliphatic heterocycles. The molecule has 1 fully saturated rings. The Hall–Kier alpha value is -1.11. The Bertz CT molecular complexity index is 552. The second kappa shape index (κ2) is 5.71. The van der Waals surface area contributed by atoms with Crippen LogP contribution in [0.15, 0.2) is 29.2 Å². The maximum absolute atomic E-state index is 12.4. The molecule has 1 atom stereocenters. The van der Waals surface area contributed by atoms with Gasteiger partial charge in [-0.2, -0.15) is 4.31 Å². The average molecular weight is 298 g/mol. The molecule has 1 unspecified atom stereocenters. The van der Waals surface area contributed by atoms with Crippen LogP contribution in [0.25, 0.3) is 0 Å². The number of rotatable bonds is 5. The molecule has 1 saturated heterocycles. The highest BCUT2D eigenvalue weighted by atomic mass is 32.2. The highest BCUT2D eigenvalue weighted by Gasteiger charge is 2.38. The fourth-order valence-electron chi connectivity index (χ4n) is 2.27.